The summed E-state index contributed by atoms with van der Waals surface area (Å²) < 4.78 is 28.9. The van der Waals surface area contributed by atoms with E-state index in [2.05, 4.69) is 41.5 Å². The van der Waals surface area contributed by atoms with Crippen LogP contribution in [0.5, 0.6) is 0 Å². The Morgan fingerprint density at radius 2 is 2.00 bits per heavy atom. The zero-order valence-corrected chi connectivity index (χ0v) is 14.8. The molecule has 0 bridgehead atoms. The van der Waals surface area contributed by atoms with Gasteiger partial charge in [0.05, 0.1) is 4.90 Å². The molecule has 0 aliphatic carbocycles. The summed E-state index contributed by atoms with van der Waals surface area (Å²) in [7, 11) is -1.50. The molecule has 1 fully saturated rings. The molecule has 106 valence electrons. The van der Waals surface area contributed by atoms with Crippen molar-refractivity contribution in [1.82, 2.24) is 9.62 Å². The summed E-state index contributed by atoms with van der Waals surface area (Å²) in [5, 5.41) is 0. The van der Waals surface area contributed by atoms with Crippen LogP contribution in [0.25, 0.3) is 0 Å². The molecule has 0 spiro atoms. The van der Waals surface area contributed by atoms with Crippen molar-refractivity contribution in [3.05, 3.63) is 26.6 Å². The summed E-state index contributed by atoms with van der Waals surface area (Å²) in [6.07, 6.45) is 0.848. The molecule has 1 aliphatic heterocycles. The van der Waals surface area contributed by atoms with Gasteiger partial charge < -0.3 is 4.90 Å². The van der Waals surface area contributed by atoms with Crippen LogP contribution < -0.4 is 4.72 Å². The zero-order chi connectivity index (χ0) is 14.2. The molecule has 7 heteroatoms. The molecular weight excluding hydrogens is 396 g/mol. The Morgan fingerprint density at radius 3 is 2.58 bits per heavy atom. The second-order valence-electron chi connectivity index (χ2n) is 4.90. The summed E-state index contributed by atoms with van der Waals surface area (Å²) in [6, 6.07) is 3.43. The molecule has 0 aromatic heterocycles. The summed E-state index contributed by atoms with van der Waals surface area (Å²) in [4.78, 5) is 2.40. The number of aryl methyl sites for hydroxylation is 1. The number of hydrogen-bond donors (Lipinski definition) is 1. The van der Waals surface area contributed by atoms with Crippen LogP contribution in [0.1, 0.15) is 12.0 Å². The molecule has 1 aromatic rings. The Kier molecular flexibility index (Phi) is 4.72. The summed E-state index contributed by atoms with van der Waals surface area (Å²) in [6.45, 7) is 3.60. The number of likely N-dealkylation sites (tertiary alicyclic amines) is 1. The molecule has 1 atom stereocenters. The van der Waals surface area contributed by atoms with E-state index in [1.54, 1.807) is 12.1 Å². The van der Waals surface area contributed by atoms with Crippen molar-refractivity contribution in [2.24, 2.45) is 0 Å². The van der Waals surface area contributed by atoms with E-state index in [9.17, 15) is 8.42 Å². The fourth-order valence-corrected chi connectivity index (χ4v) is 5.09. The molecule has 1 aliphatic rings. The lowest BCUT2D eigenvalue weighted by atomic mass is 10.2. The number of halogens is 2. The van der Waals surface area contributed by atoms with Crippen LogP contribution in [0.15, 0.2) is 26.0 Å². The van der Waals surface area contributed by atoms with Gasteiger partial charge in [-0.05, 0) is 60.6 Å². The Bertz CT molecular complexity index is 590. The van der Waals surface area contributed by atoms with Gasteiger partial charge in [0.25, 0.3) is 0 Å². The van der Waals surface area contributed by atoms with Gasteiger partial charge in [-0.15, -0.1) is 0 Å². The normalized spacial score (nSPS) is 20.9. The van der Waals surface area contributed by atoms with Gasteiger partial charge in [0.2, 0.25) is 10.0 Å². The lowest BCUT2D eigenvalue weighted by Gasteiger charge is -2.15. The first-order valence-electron chi connectivity index (χ1n) is 5.96. The molecule has 4 nitrogen and oxygen atoms in total. The van der Waals surface area contributed by atoms with Crippen molar-refractivity contribution in [3.8, 4) is 0 Å². The monoisotopic (exact) mass is 410 g/mol. The zero-order valence-electron chi connectivity index (χ0n) is 10.8. The molecule has 19 heavy (non-hydrogen) atoms. The van der Waals surface area contributed by atoms with E-state index in [1.807, 2.05) is 14.0 Å². The third-order valence-electron chi connectivity index (χ3n) is 3.22. The highest BCUT2D eigenvalue weighted by Crippen LogP contribution is 2.29. The van der Waals surface area contributed by atoms with Gasteiger partial charge in [-0.2, -0.15) is 0 Å². The quantitative estimate of drug-likeness (QED) is 0.831. The average molecular weight is 412 g/mol. The van der Waals surface area contributed by atoms with Gasteiger partial charge in [0.1, 0.15) is 0 Å². The van der Waals surface area contributed by atoms with Crippen molar-refractivity contribution in [2.45, 2.75) is 24.3 Å². The summed E-state index contributed by atoms with van der Waals surface area (Å²) >= 11 is 6.70. The first-order valence-corrected chi connectivity index (χ1v) is 9.03. The van der Waals surface area contributed by atoms with E-state index >= 15 is 0 Å². The van der Waals surface area contributed by atoms with Gasteiger partial charge in [0.15, 0.2) is 0 Å². The highest BCUT2D eigenvalue weighted by atomic mass is 79.9. The highest BCUT2D eigenvalue weighted by molar-refractivity contribution is 9.11. The molecule has 2 rings (SSSR count). The minimum atomic E-state index is -3.49. The Hall–Kier alpha value is 0.0500. The predicted octanol–water partition coefficient (Wildman–Crippen LogP) is 2.50. The molecule has 1 N–H and O–H groups in total. The van der Waals surface area contributed by atoms with E-state index in [0.717, 1.165) is 29.5 Å². The lowest BCUT2D eigenvalue weighted by molar-refractivity contribution is 0.407. The molecule has 0 saturated carbocycles. The van der Waals surface area contributed by atoms with Crippen LogP contribution in [0, 0.1) is 6.92 Å². The standard InChI is InChI=1S/C12H16Br2N2O2S/c1-8-5-11(14)12(6-10(8)13)19(17,18)15-9-3-4-16(2)7-9/h5-6,9,15H,3-4,7H2,1-2H3. The fourth-order valence-electron chi connectivity index (χ4n) is 2.15. The maximum atomic E-state index is 12.4. The van der Waals surface area contributed by atoms with Crippen LogP contribution in [-0.4, -0.2) is 39.5 Å². The SMILES string of the molecule is Cc1cc(Br)c(S(=O)(=O)NC2CCN(C)C2)cc1Br. The highest BCUT2D eigenvalue weighted by Gasteiger charge is 2.27. The number of nitrogens with zero attached hydrogens (tertiary/aromatic N) is 1. The van der Waals surface area contributed by atoms with E-state index < -0.39 is 10.0 Å². The molecule has 1 aromatic carbocycles. The third kappa shape index (κ3) is 3.58. The van der Waals surface area contributed by atoms with Gasteiger partial charge >= 0.3 is 0 Å². The van der Waals surface area contributed by atoms with Crippen molar-refractivity contribution in [1.29, 1.82) is 0 Å². The van der Waals surface area contributed by atoms with Gasteiger partial charge in [-0.25, -0.2) is 13.1 Å². The van der Waals surface area contributed by atoms with Gasteiger partial charge in [0, 0.05) is 21.5 Å². The van der Waals surface area contributed by atoms with Crippen LogP contribution in [0.4, 0.5) is 0 Å². The molecule has 1 saturated heterocycles. The topological polar surface area (TPSA) is 49.4 Å². The number of hydrogen-bond acceptors (Lipinski definition) is 3. The van der Waals surface area contributed by atoms with E-state index in [4.69, 9.17) is 0 Å². The second-order valence-corrected chi connectivity index (χ2v) is 8.29. The minimum Gasteiger partial charge on any atom is -0.305 e. The van der Waals surface area contributed by atoms with Crippen LogP contribution in [0.2, 0.25) is 0 Å². The third-order valence-corrected chi connectivity index (χ3v) is 6.55. The maximum Gasteiger partial charge on any atom is 0.242 e. The summed E-state index contributed by atoms with van der Waals surface area (Å²) in [5.74, 6) is 0. The number of likely N-dealkylation sites (N-methyl/N-ethyl adjacent to an activating group) is 1. The van der Waals surface area contributed by atoms with Crippen LogP contribution >= 0.6 is 31.9 Å². The minimum absolute atomic E-state index is 0.0121. The number of nitrogens with one attached hydrogen (secondary N) is 1. The average Bonchev–Trinajstić information content (AvgIpc) is 2.68. The fraction of sp³-hybridized carbons (Fsp3) is 0.500. The smallest absolute Gasteiger partial charge is 0.242 e. The molecular formula is C12H16Br2N2O2S. The molecule has 0 amide bonds. The van der Waals surface area contributed by atoms with Gasteiger partial charge in [-0.3, -0.25) is 0 Å². The van der Waals surface area contributed by atoms with E-state index in [1.165, 1.54) is 0 Å². The first-order chi connectivity index (χ1) is 8.79. The van der Waals surface area contributed by atoms with Crippen molar-refractivity contribution < 1.29 is 8.42 Å². The van der Waals surface area contributed by atoms with Crippen LogP contribution in [0.3, 0.4) is 0 Å². The Balaban J connectivity index is 2.27. The van der Waals surface area contributed by atoms with Gasteiger partial charge in [-0.1, -0.05) is 15.9 Å². The lowest BCUT2D eigenvalue weighted by Crippen LogP contribution is -2.36. The van der Waals surface area contributed by atoms with Crippen molar-refractivity contribution in [2.75, 3.05) is 20.1 Å². The number of sulfonamides is 1. The Labute approximate surface area is 130 Å². The van der Waals surface area contributed by atoms with Crippen molar-refractivity contribution in [3.63, 3.8) is 0 Å². The number of rotatable bonds is 3. The summed E-state index contributed by atoms with van der Waals surface area (Å²) in [5.41, 5.74) is 0.992. The van der Waals surface area contributed by atoms with E-state index in [-0.39, 0.29) is 10.9 Å². The largest absolute Gasteiger partial charge is 0.305 e. The molecule has 1 heterocycles. The van der Waals surface area contributed by atoms with Crippen LogP contribution in [-0.2, 0) is 10.0 Å². The first kappa shape index (κ1) is 15.4. The Morgan fingerprint density at radius 1 is 1.32 bits per heavy atom. The molecule has 0 radical (unpaired) electrons. The predicted molar refractivity (Wildman–Crippen MR) is 82.8 cm³/mol. The number of benzene rings is 1. The second kappa shape index (κ2) is 5.81. The molecule has 1 unspecified atom stereocenters. The maximum absolute atomic E-state index is 12.4. The van der Waals surface area contributed by atoms with E-state index in [0.29, 0.717) is 4.47 Å². The van der Waals surface area contributed by atoms with Crippen molar-refractivity contribution >= 4 is 41.9 Å².